The number of carbonyl (C=O) groups is 2. The second-order valence-electron chi connectivity index (χ2n) is 9.83. The van der Waals surface area contributed by atoms with Crippen LogP contribution in [-0.4, -0.2) is 48.4 Å². The summed E-state index contributed by atoms with van der Waals surface area (Å²) in [6.45, 7) is 13.4. The van der Waals surface area contributed by atoms with Crippen LogP contribution in [0.1, 0.15) is 53.6 Å². The molecule has 0 fully saturated rings. The average Bonchev–Trinajstić information content (AvgIpc) is 3.56. The number of furan rings is 1. The molecule has 0 saturated heterocycles. The van der Waals surface area contributed by atoms with Crippen molar-refractivity contribution in [1.29, 1.82) is 0 Å². The first-order chi connectivity index (χ1) is 19.4. The van der Waals surface area contributed by atoms with Gasteiger partial charge in [0.25, 0.3) is 5.91 Å². The van der Waals surface area contributed by atoms with Crippen molar-refractivity contribution in [2.24, 2.45) is 0 Å². The van der Waals surface area contributed by atoms with E-state index in [1.165, 1.54) is 0 Å². The lowest BCUT2D eigenvalue weighted by molar-refractivity contribution is -0.105. The van der Waals surface area contributed by atoms with Crippen LogP contribution in [0.5, 0.6) is 0 Å². The third-order valence-electron chi connectivity index (χ3n) is 7.28. The molecule has 2 aromatic carbocycles. The van der Waals surface area contributed by atoms with Crippen LogP contribution in [0.2, 0.25) is 0 Å². The molecule has 40 heavy (non-hydrogen) atoms. The van der Waals surface area contributed by atoms with Gasteiger partial charge in [-0.25, -0.2) is 0 Å². The molecule has 0 unspecified atom stereocenters. The third-order valence-corrected chi connectivity index (χ3v) is 7.28. The summed E-state index contributed by atoms with van der Waals surface area (Å²) in [4.78, 5) is 30.0. The summed E-state index contributed by atoms with van der Waals surface area (Å²) < 4.78 is 6.17. The van der Waals surface area contributed by atoms with Crippen molar-refractivity contribution in [1.82, 2.24) is 15.2 Å². The molecule has 0 saturated carbocycles. The maximum atomic E-state index is 13.0. The Balaban J connectivity index is 1.61. The van der Waals surface area contributed by atoms with E-state index in [1.54, 1.807) is 0 Å². The Kier molecular flexibility index (Phi) is 9.40. The Hall–Kier alpha value is -4.36. The van der Waals surface area contributed by atoms with E-state index in [1.807, 2.05) is 87.5 Å². The number of aromatic amines is 1. The van der Waals surface area contributed by atoms with E-state index in [9.17, 15) is 9.59 Å². The Labute approximate surface area is 236 Å². The first-order valence-electron chi connectivity index (χ1n) is 13.7. The largest absolute Gasteiger partial charge is 0.456 e. The molecule has 2 aromatic heterocycles. The predicted molar refractivity (Wildman–Crippen MR) is 163 cm³/mol. The van der Waals surface area contributed by atoms with Crippen molar-refractivity contribution >= 4 is 29.7 Å². The van der Waals surface area contributed by atoms with Gasteiger partial charge in [-0.05, 0) is 81.4 Å². The molecule has 0 aliphatic carbocycles. The minimum atomic E-state index is -0.0759. The van der Waals surface area contributed by atoms with Gasteiger partial charge in [0.2, 0.25) is 6.41 Å². The number of aryl methyl sites for hydroxylation is 1. The molecule has 7 nitrogen and oxygen atoms in total. The number of nitrogens with zero attached hydrogens (tertiary/aromatic N) is 1. The fourth-order valence-electron chi connectivity index (χ4n) is 4.97. The van der Waals surface area contributed by atoms with E-state index in [0.29, 0.717) is 24.2 Å². The normalized spacial score (nSPS) is 11.6. The molecule has 0 spiro atoms. The zero-order valence-electron chi connectivity index (χ0n) is 23.9. The highest BCUT2D eigenvalue weighted by Gasteiger charge is 2.18. The number of H-pyrrole nitrogens is 1. The smallest absolute Gasteiger partial charge is 0.253 e. The van der Waals surface area contributed by atoms with Gasteiger partial charge >= 0.3 is 0 Å². The fraction of sp³-hybridized carbons (Fsp3) is 0.273. The van der Waals surface area contributed by atoms with Gasteiger partial charge in [0, 0.05) is 46.9 Å². The van der Waals surface area contributed by atoms with Crippen LogP contribution in [0, 0.1) is 13.8 Å². The van der Waals surface area contributed by atoms with Gasteiger partial charge in [0.05, 0.1) is 5.56 Å². The topological polar surface area (TPSA) is 90.4 Å². The number of allylic oxidation sites excluding steroid dienone is 1. The number of anilines is 1. The number of rotatable bonds is 12. The summed E-state index contributed by atoms with van der Waals surface area (Å²) in [5, 5.41) is 5.88. The van der Waals surface area contributed by atoms with Crippen molar-refractivity contribution < 1.29 is 14.0 Å². The molecular weight excluding hydrogens is 500 g/mol. The van der Waals surface area contributed by atoms with Crippen molar-refractivity contribution in [3.8, 4) is 22.6 Å². The number of hydrogen-bond donors (Lipinski definition) is 3. The molecule has 7 heteroatoms. The standard InChI is InChI=1S/C33H38N4O3/c1-6-37(7-2)18-17-34-33(39)32-23(4)29(36-24(32)5)19-22(3)27-20-26(13-14-28(27)35-21-38)31-16-15-30(40-31)25-11-9-8-10-12-25/h8-16,19-21,36H,6-7,17-18H2,1-5H3,(H,34,39)(H,35,38)/b22-19+. The summed E-state index contributed by atoms with van der Waals surface area (Å²) in [5.74, 6) is 1.45. The SMILES string of the molecule is CCN(CC)CCNC(=O)c1c(C)[nH]c(/C=C(\C)c2cc(-c3ccc(-c4ccccc4)o3)ccc2NC=O)c1C. The second kappa shape index (κ2) is 13.1. The van der Waals surface area contributed by atoms with Crippen LogP contribution in [-0.2, 0) is 4.79 Å². The first kappa shape index (κ1) is 28.6. The molecule has 208 valence electrons. The number of hydrogen-bond acceptors (Lipinski definition) is 4. The lowest BCUT2D eigenvalue weighted by atomic mass is 9.99. The molecule has 2 heterocycles. The van der Waals surface area contributed by atoms with E-state index < -0.39 is 0 Å². The van der Waals surface area contributed by atoms with Crippen LogP contribution in [0.3, 0.4) is 0 Å². The summed E-state index contributed by atoms with van der Waals surface area (Å²) in [7, 11) is 0. The molecule has 4 rings (SSSR count). The van der Waals surface area contributed by atoms with Gasteiger partial charge in [-0.2, -0.15) is 0 Å². The second-order valence-corrected chi connectivity index (χ2v) is 9.83. The summed E-state index contributed by atoms with van der Waals surface area (Å²) >= 11 is 0. The zero-order valence-corrected chi connectivity index (χ0v) is 23.9. The van der Waals surface area contributed by atoms with Gasteiger partial charge in [0.15, 0.2) is 0 Å². The number of amides is 2. The number of aromatic nitrogens is 1. The number of benzene rings is 2. The van der Waals surface area contributed by atoms with Crippen molar-refractivity contribution in [3.63, 3.8) is 0 Å². The summed E-state index contributed by atoms with van der Waals surface area (Å²) in [5.41, 5.74) is 7.62. The lowest BCUT2D eigenvalue weighted by Gasteiger charge is -2.18. The van der Waals surface area contributed by atoms with Crippen LogP contribution in [0.4, 0.5) is 5.69 Å². The molecule has 0 aliphatic rings. The van der Waals surface area contributed by atoms with Gasteiger partial charge in [-0.1, -0.05) is 44.2 Å². The maximum absolute atomic E-state index is 13.0. The maximum Gasteiger partial charge on any atom is 0.253 e. The Morgan fingerprint density at radius 1 is 0.975 bits per heavy atom. The van der Waals surface area contributed by atoms with Crippen LogP contribution in [0.15, 0.2) is 65.1 Å². The van der Waals surface area contributed by atoms with Crippen LogP contribution in [0.25, 0.3) is 34.3 Å². The van der Waals surface area contributed by atoms with Gasteiger partial charge in [-0.3, -0.25) is 9.59 Å². The molecule has 3 N–H and O–H groups in total. The summed E-state index contributed by atoms with van der Waals surface area (Å²) in [6.07, 6.45) is 2.69. The van der Waals surface area contributed by atoms with E-state index in [2.05, 4.69) is 34.4 Å². The minimum Gasteiger partial charge on any atom is -0.456 e. The molecule has 4 aromatic rings. The van der Waals surface area contributed by atoms with Crippen molar-refractivity contribution in [2.75, 3.05) is 31.5 Å². The lowest BCUT2D eigenvalue weighted by Crippen LogP contribution is -2.35. The van der Waals surface area contributed by atoms with Gasteiger partial charge in [-0.15, -0.1) is 0 Å². The first-order valence-corrected chi connectivity index (χ1v) is 13.7. The zero-order chi connectivity index (χ0) is 28.6. The molecule has 0 bridgehead atoms. The molecule has 2 amide bonds. The molecule has 0 radical (unpaired) electrons. The Morgan fingerprint density at radius 3 is 2.35 bits per heavy atom. The van der Waals surface area contributed by atoms with Crippen LogP contribution < -0.4 is 10.6 Å². The fourth-order valence-corrected chi connectivity index (χ4v) is 4.97. The highest BCUT2D eigenvalue weighted by Crippen LogP contribution is 2.34. The predicted octanol–water partition coefficient (Wildman–Crippen LogP) is 6.76. The monoisotopic (exact) mass is 538 g/mol. The molecular formula is C33H38N4O3. The van der Waals surface area contributed by atoms with E-state index >= 15 is 0 Å². The van der Waals surface area contributed by atoms with Gasteiger partial charge < -0.3 is 24.9 Å². The Morgan fingerprint density at radius 2 is 1.68 bits per heavy atom. The molecule has 0 aliphatic heterocycles. The average molecular weight is 539 g/mol. The minimum absolute atomic E-state index is 0.0759. The Bertz CT molecular complexity index is 1490. The van der Waals surface area contributed by atoms with E-state index in [-0.39, 0.29) is 5.91 Å². The van der Waals surface area contributed by atoms with Crippen molar-refractivity contribution in [3.05, 3.63) is 88.7 Å². The van der Waals surface area contributed by atoms with E-state index in [0.717, 1.165) is 70.4 Å². The highest BCUT2D eigenvalue weighted by molar-refractivity contribution is 5.99. The summed E-state index contributed by atoms with van der Waals surface area (Å²) in [6, 6.07) is 19.7. The van der Waals surface area contributed by atoms with E-state index in [4.69, 9.17) is 4.42 Å². The van der Waals surface area contributed by atoms with Gasteiger partial charge in [0.1, 0.15) is 11.5 Å². The number of carbonyl (C=O) groups excluding carboxylic acids is 2. The van der Waals surface area contributed by atoms with Crippen LogP contribution >= 0.6 is 0 Å². The third kappa shape index (κ3) is 6.43. The number of nitrogens with one attached hydrogen (secondary N) is 3. The molecule has 0 atom stereocenters. The quantitative estimate of drug-likeness (QED) is 0.174. The van der Waals surface area contributed by atoms with Crippen molar-refractivity contribution in [2.45, 2.75) is 34.6 Å². The number of likely N-dealkylation sites (N-methyl/N-ethyl adjacent to an activating group) is 1. The highest BCUT2D eigenvalue weighted by atomic mass is 16.3.